The molecule has 0 spiro atoms. The van der Waals surface area contributed by atoms with Gasteiger partial charge in [0, 0.05) is 50.0 Å². The zero-order chi connectivity index (χ0) is 12.9. The summed E-state index contributed by atoms with van der Waals surface area (Å²) in [4.78, 5) is 11.9. The van der Waals surface area contributed by atoms with Gasteiger partial charge in [0.25, 0.3) is 0 Å². The van der Waals surface area contributed by atoms with Crippen LogP contribution >= 0.6 is 0 Å². The number of anilines is 1. The monoisotopic (exact) mass is 332 g/mol. The van der Waals surface area contributed by atoms with Crippen molar-refractivity contribution in [3.8, 4) is 6.07 Å². The SMILES string of the molecule is CC(C)(C)C(=O)/C(C#N)=C\Nc1ccccc1.[CH3-].[Y]. The van der Waals surface area contributed by atoms with E-state index in [0.29, 0.717) is 0 Å². The molecule has 0 saturated heterocycles. The maximum absolute atomic E-state index is 11.9. The topological polar surface area (TPSA) is 52.9 Å². The van der Waals surface area contributed by atoms with Crippen molar-refractivity contribution in [1.29, 1.82) is 5.26 Å². The molecule has 1 N–H and O–H groups in total. The summed E-state index contributed by atoms with van der Waals surface area (Å²) in [6.45, 7) is 5.38. The van der Waals surface area contributed by atoms with Crippen LogP contribution in [0.2, 0.25) is 0 Å². The minimum absolute atomic E-state index is 0. The van der Waals surface area contributed by atoms with Crippen LogP contribution in [0.4, 0.5) is 5.69 Å². The summed E-state index contributed by atoms with van der Waals surface area (Å²) in [5, 5.41) is 11.9. The number of hydrogen-bond acceptors (Lipinski definition) is 3. The molecular formula is C15H19N2OY-. The Hall–Kier alpha value is -0.976. The predicted octanol–water partition coefficient (Wildman–Crippen LogP) is 3.57. The number of hydrogen-bond donors (Lipinski definition) is 1. The van der Waals surface area contributed by atoms with E-state index in [2.05, 4.69) is 5.32 Å². The molecule has 1 aromatic carbocycles. The van der Waals surface area contributed by atoms with E-state index < -0.39 is 5.41 Å². The summed E-state index contributed by atoms with van der Waals surface area (Å²) in [5.41, 5.74) is 0.447. The third-order valence-corrected chi connectivity index (χ3v) is 2.20. The van der Waals surface area contributed by atoms with Gasteiger partial charge in [-0.1, -0.05) is 39.0 Å². The zero-order valence-corrected chi connectivity index (χ0v) is 14.7. The number of Topliss-reactive ketones (excluding diaryl/α,β-unsaturated/α-hetero) is 1. The van der Waals surface area contributed by atoms with Gasteiger partial charge in [0.05, 0.1) is 0 Å². The summed E-state index contributed by atoms with van der Waals surface area (Å²) in [5.74, 6) is -0.163. The van der Waals surface area contributed by atoms with Crippen molar-refractivity contribution in [1.82, 2.24) is 0 Å². The van der Waals surface area contributed by atoms with Gasteiger partial charge in [-0.25, -0.2) is 0 Å². The molecule has 99 valence electrons. The second-order valence-corrected chi connectivity index (χ2v) is 4.76. The maximum Gasteiger partial charge on any atom is 0.180 e. The van der Waals surface area contributed by atoms with Gasteiger partial charge >= 0.3 is 0 Å². The number of nitriles is 1. The summed E-state index contributed by atoms with van der Waals surface area (Å²) in [6.07, 6.45) is 1.46. The van der Waals surface area contributed by atoms with E-state index in [-0.39, 0.29) is 51.5 Å². The van der Waals surface area contributed by atoms with Crippen LogP contribution in [-0.4, -0.2) is 5.78 Å². The van der Waals surface area contributed by atoms with E-state index in [0.717, 1.165) is 5.69 Å². The molecular weight excluding hydrogens is 313 g/mol. The summed E-state index contributed by atoms with van der Waals surface area (Å²) in [6, 6.07) is 11.3. The molecule has 0 aromatic heterocycles. The molecule has 19 heavy (non-hydrogen) atoms. The smallest absolute Gasteiger partial charge is 0.180 e. The average molecular weight is 332 g/mol. The Morgan fingerprint density at radius 1 is 1.26 bits per heavy atom. The Labute approximate surface area is 141 Å². The first-order valence-electron chi connectivity index (χ1n) is 5.42. The van der Waals surface area contributed by atoms with Crippen molar-refractivity contribution < 1.29 is 37.5 Å². The van der Waals surface area contributed by atoms with Crippen molar-refractivity contribution >= 4 is 11.5 Å². The van der Waals surface area contributed by atoms with E-state index in [1.807, 2.05) is 36.4 Å². The average Bonchev–Trinajstić information content (AvgIpc) is 2.30. The molecule has 1 rings (SSSR count). The standard InChI is InChI=1S/C14H16N2O.CH3.Y/c1-14(2,3)13(17)11(9-15)10-16-12-7-5-4-6-8-12;;/h4-8,10,16H,1-3H3;1H3;/q;-1;/b11-10-;;. The van der Waals surface area contributed by atoms with Crippen LogP contribution in [-0.2, 0) is 37.5 Å². The summed E-state index contributed by atoms with van der Waals surface area (Å²) >= 11 is 0. The number of benzene rings is 1. The number of rotatable bonds is 3. The van der Waals surface area contributed by atoms with Crippen molar-refractivity contribution in [2.45, 2.75) is 20.8 Å². The number of nitrogens with zero attached hydrogens (tertiary/aromatic N) is 1. The molecule has 3 nitrogen and oxygen atoms in total. The minimum Gasteiger partial charge on any atom is -0.360 e. The number of carbonyl (C=O) groups is 1. The Morgan fingerprint density at radius 3 is 2.21 bits per heavy atom. The number of carbonyl (C=O) groups excluding carboxylic acids is 1. The van der Waals surface area contributed by atoms with Crippen LogP contribution in [0.5, 0.6) is 0 Å². The van der Waals surface area contributed by atoms with Crippen LogP contribution in [0, 0.1) is 24.2 Å². The van der Waals surface area contributed by atoms with Gasteiger partial charge in [0.15, 0.2) is 5.78 Å². The van der Waals surface area contributed by atoms with Crippen molar-refractivity contribution in [2.24, 2.45) is 5.41 Å². The Morgan fingerprint density at radius 2 is 1.79 bits per heavy atom. The molecule has 1 radical (unpaired) electrons. The molecule has 0 atom stereocenters. The zero-order valence-electron chi connectivity index (χ0n) is 11.9. The largest absolute Gasteiger partial charge is 0.360 e. The molecule has 0 unspecified atom stereocenters. The molecule has 0 saturated carbocycles. The van der Waals surface area contributed by atoms with Crippen molar-refractivity contribution in [3.05, 3.63) is 49.5 Å². The van der Waals surface area contributed by atoms with Gasteiger partial charge in [0.1, 0.15) is 11.6 Å². The van der Waals surface area contributed by atoms with E-state index in [4.69, 9.17) is 5.26 Å². The fraction of sp³-hybridized carbons (Fsp3) is 0.267. The second-order valence-electron chi connectivity index (χ2n) is 4.76. The van der Waals surface area contributed by atoms with Crippen LogP contribution in [0.15, 0.2) is 42.1 Å². The van der Waals surface area contributed by atoms with Crippen LogP contribution < -0.4 is 5.32 Å². The number of nitrogens with one attached hydrogen (secondary N) is 1. The molecule has 0 aliphatic heterocycles. The molecule has 0 aliphatic carbocycles. The van der Waals surface area contributed by atoms with E-state index in [1.165, 1.54) is 6.20 Å². The first-order valence-corrected chi connectivity index (χ1v) is 5.42. The van der Waals surface area contributed by atoms with Crippen LogP contribution in [0.1, 0.15) is 20.8 Å². The molecule has 0 aliphatic rings. The predicted molar refractivity (Wildman–Crippen MR) is 74.6 cm³/mol. The van der Waals surface area contributed by atoms with E-state index >= 15 is 0 Å². The molecule has 0 heterocycles. The Balaban J connectivity index is 0. The molecule has 0 fully saturated rings. The summed E-state index contributed by atoms with van der Waals surface area (Å²) < 4.78 is 0. The number of allylic oxidation sites excluding steroid dienone is 1. The third-order valence-electron chi connectivity index (χ3n) is 2.20. The normalized spacial score (nSPS) is 10.5. The number of para-hydroxylation sites is 1. The number of ketones is 1. The minimum atomic E-state index is -0.542. The summed E-state index contributed by atoms with van der Waals surface area (Å²) in [7, 11) is 0. The van der Waals surface area contributed by atoms with Gasteiger partial charge < -0.3 is 12.7 Å². The van der Waals surface area contributed by atoms with E-state index in [9.17, 15) is 4.79 Å². The maximum atomic E-state index is 11.9. The van der Waals surface area contributed by atoms with Crippen LogP contribution in [0.25, 0.3) is 0 Å². The Bertz CT molecular complexity index is 467. The first-order chi connectivity index (χ1) is 7.95. The quantitative estimate of drug-likeness (QED) is 0.523. The molecule has 0 bridgehead atoms. The second kappa shape index (κ2) is 9.01. The molecule has 0 amide bonds. The molecule has 1 aromatic rings. The van der Waals surface area contributed by atoms with Crippen molar-refractivity contribution in [2.75, 3.05) is 5.32 Å². The Kier molecular flexibility index (Phi) is 9.65. The van der Waals surface area contributed by atoms with Gasteiger partial charge in [-0.3, -0.25) is 4.79 Å². The van der Waals surface area contributed by atoms with Gasteiger partial charge in [-0.05, 0) is 12.1 Å². The first kappa shape index (κ1) is 20.3. The van der Waals surface area contributed by atoms with E-state index in [1.54, 1.807) is 20.8 Å². The van der Waals surface area contributed by atoms with Gasteiger partial charge in [-0.15, -0.1) is 0 Å². The molecule has 4 heteroatoms. The third kappa shape index (κ3) is 6.66. The van der Waals surface area contributed by atoms with Gasteiger partial charge in [-0.2, -0.15) is 5.26 Å². The fourth-order valence-electron chi connectivity index (χ4n) is 1.24. The fourth-order valence-corrected chi connectivity index (χ4v) is 1.24. The van der Waals surface area contributed by atoms with Crippen LogP contribution in [0.3, 0.4) is 0 Å². The van der Waals surface area contributed by atoms with Gasteiger partial charge in [0.2, 0.25) is 0 Å². The van der Waals surface area contributed by atoms with Crippen molar-refractivity contribution in [3.63, 3.8) is 0 Å².